The van der Waals surface area contributed by atoms with Crippen molar-refractivity contribution in [1.82, 2.24) is 16.0 Å². The number of hydrogen-bond acceptors (Lipinski definition) is 12. The summed E-state index contributed by atoms with van der Waals surface area (Å²) < 4.78 is 19.1. The van der Waals surface area contributed by atoms with Crippen LogP contribution in [0.15, 0.2) is 40.9 Å². The number of benzene rings is 2. The molecule has 2 aliphatic heterocycles. The minimum Gasteiger partial charge on any atom is -0.465 e. The van der Waals surface area contributed by atoms with Crippen molar-refractivity contribution in [2.45, 2.75) is 7.43 Å². The van der Waals surface area contributed by atoms with E-state index in [4.69, 9.17) is 9.47 Å². The number of anilines is 1. The number of methoxy groups -OCH3 is 4. The number of piperazine rings is 2. The average molecular weight is 654 g/mol. The number of hydrogen-bond donors (Lipinski definition) is 3. The van der Waals surface area contributed by atoms with Crippen LogP contribution < -0.4 is 20.9 Å². The molecule has 0 unspecified atom stereocenters. The van der Waals surface area contributed by atoms with Gasteiger partial charge in [0.1, 0.15) is 0 Å². The van der Waals surface area contributed by atoms with Crippen LogP contribution in [0.2, 0.25) is 0 Å². The standard InChI is InChI=1S/C14H18N2O4.C10H9BrO4.C4H10N2.CH4/c1-19-13(17)10-3-4-11(14(18)20-2)12(9-10)16-7-5-15-6-8-16;1-14-9(12)6-3-4-7(8(11)5-6)10(13)15-2;1-2-6-4-3-5-1;/h3-4,9,15H,5-8H2,1-2H3;3-5H,1-2H3;5-6H,1-4H2;1H4. The Kier molecular flexibility index (Phi) is 17.0. The molecule has 0 radical (unpaired) electrons. The van der Waals surface area contributed by atoms with Gasteiger partial charge in [0.25, 0.3) is 0 Å². The van der Waals surface area contributed by atoms with Crippen molar-refractivity contribution in [3.05, 3.63) is 63.1 Å². The zero-order valence-corrected chi connectivity index (χ0v) is 25.3. The summed E-state index contributed by atoms with van der Waals surface area (Å²) in [5.41, 5.74) is 2.33. The van der Waals surface area contributed by atoms with E-state index in [1.165, 1.54) is 46.6 Å². The SMILES string of the molecule is C.C1CNCCN1.COC(=O)c1ccc(C(=O)OC)c(Br)c1.COC(=O)c1ccc(C(=O)OC)c(N2CCNCC2)c1. The lowest BCUT2D eigenvalue weighted by Gasteiger charge is -2.30. The lowest BCUT2D eigenvalue weighted by Crippen LogP contribution is -2.44. The number of ether oxygens (including phenoxy) is 4. The van der Waals surface area contributed by atoms with Gasteiger partial charge in [0.2, 0.25) is 0 Å². The van der Waals surface area contributed by atoms with E-state index >= 15 is 0 Å². The predicted molar refractivity (Wildman–Crippen MR) is 163 cm³/mol. The van der Waals surface area contributed by atoms with Crippen molar-refractivity contribution in [1.29, 1.82) is 0 Å². The minimum atomic E-state index is -0.460. The molecule has 0 atom stereocenters. The molecule has 2 aromatic carbocycles. The molecule has 0 bridgehead atoms. The summed E-state index contributed by atoms with van der Waals surface area (Å²) in [6.07, 6.45) is 0. The van der Waals surface area contributed by atoms with Gasteiger partial charge in [-0.1, -0.05) is 7.43 Å². The van der Waals surface area contributed by atoms with Crippen LogP contribution in [0.3, 0.4) is 0 Å². The topological polar surface area (TPSA) is 145 Å². The van der Waals surface area contributed by atoms with Crippen LogP contribution in [0, 0.1) is 0 Å². The molecule has 0 aromatic heterocycles. The molecule has 0 spiro atoms. The fourth-order valence-electron chi connectivity index (χ4n) is 3.87. The van der Waals surface area contributed by atoms with Crippen LogP contribution in [-0.2, 0) is 18.9 Å². The number of carbonyl (C=O) groups is 4. The summed E-state index contributed by atoms with van der Waals surface area (Å²) in [5, 5.41) is 9.69. The van der Waals surface area contributed by atoms with Crippen LogP contribution in [-0.4, -0.2) is 105 Å². The monoisotopic (exact) mass is 652 g/mol. The lowest BCUT2D eigenvalue weighted by atomic mass is 10.1. The molecule has 13 heteroatoms. The molecule has 2 aromatic rings. The first-order chi connectivity index (χ1) is 19.8. The van der Waals surface area contributed by atoms with Crippen molar-refractivity contribution < 1.29 is 38.1 Å². The highest BCUT2D eigenvalue weighted by molar-refractivity contribution is 9.10. The fourth-order valence-corrected chi connectivity index (χ4v) is 4.41. The maximum Gasteiger partial charge on any atom is 0.339 e. The van der Waals surface area contributed by atoms with Crippen LogP contribution in [0.25, 0.3) is 0 Å². The van der Waals surface area contributed by atoms with Gasteiger partial charge in [0.05, 0.1) is 56.4 Å². The van der Waals surface area contributed by atoms with E-state index in [-0.39, 0.29) is 7.43 Å². The van der Waals surface area contributed by atoms with Crippen molar-refractivity contribution in [2.75, 3.05) is 85.7 Å². The van der Waals surface area contributed by atoms with Gasteiger partial charge >= 0.3 is 23.9 Å². The summed E-state index contributed by atoms with van der Waals surface area (Å²) in [5.74, 6) is -1.74. The largest absolute Gasteiger partial charge is 0.465 e. The second kappa shape index (κ2) is 19.6. The molecule has 2 aliphatic rings. The first-order valence-electron chi connectivity index (χ1n) is 12.9. The number of nitrogens with one attached hydrogen (secondary N) is 3. The average Bonchev–Trinajstić information content (AvgIpc) is 3.04. The molecule has 2 fully saturated rings. The normalized spacial score (nSPS) is 13.9. The Morgan fingerprint density at radius 1 is 0.619 bits per heavy atom. The molecule has 0 saturated carbocycles. The van der Waals surface area contributed by atoms with E-state index in [1.54, 1.807) is 18.2 Å². The predicted octanol–water partition coefficient (Wildman–Crippen LogP) is 2.51. The molecular weight excluding hydrogens is 612 g/mol. The Hall–Kier alpha value is -3.52. The number of nitrogens with zero attached hydrogens (tertiary/aromatic N) is 1. The first kappa shape index (κ1) is 36.5. The number of rotatable bonds is 5. The third kappa shape index (κ3) is 11.0. The fraction of sp³-hybridized carbons (Fsp3) is 0.448. The van der Waals surface area contributed by atoms with Crippen molar-refractivity contribution in [3.63, 3.8) is 0 Å². The molecule has 4 rings (SSSR count). The Morgan fingerprint density at radius 2 is 1.02 bits per heavy atom. The summed E-state index contributed by atoms with van der Waals surface area (Å²) in [6, 6.07) is 9.38. The van der Waals surface area contributed by atoms with Gasteiger partial charge in [0, 0.05) is 56.8 Å². The lowest BCUT2D eigenvalue weighted by molar-refractivity contribution is 0.0586. The number of halogens is 1. The highest BCUT2D eigenvalue weighted by Crippen LogP contribution is 2.24. The van der Waals surface area contributed by atoms with Crippen LogP contribution in [0.5, 0.6) is 0 Å². The van der Waals surface area contributed by atoms with Gasteiger partial charge in [-0.15, -0.1) is 0 Å². The number of carbonyl (C=O) groups excluding carboxylic acids is 4. The van der Waals surface area contributed by atoms with E-state index in [0.29, 0.717) is 32.4 Å². The Bertz CT molecular complexity index is 1170. The molecule has 232 valence electrons. The van der Waals surface area contributed by atoms with Gasteiger partial charge in [-0.05, 0) is 52.3 Å². The summed E-state index contributed by atoms with van der Waals surface area (Å²) in [6.45, 7) is 7.77. The van der Waals surface area contributed by atoms with E-state index < -0.39 is 23.9 Å². The molecular formula is C29H41BrN4O8. The van der Waals surface area contributed by atoms with Gasteiger partial charge in [-0.3, -0.25) is 0 Å². The smallest absolute Gasteiger partial charge is 0.339 e. The third-order valence-electron chi connectivity index (χ3n) is 6.03. The third-order valence-corrected chi connectivity index (χ3v) is 6.69. The molecule has 3 N–H and O–H groups in total. The van der Waals surface area contributed by atoms with Gasteiger partial charge in [0.15, 0.2) is 0 Å². The first-order valence-corrected chi connectivity index (χ1v) is 13.7. The van der Waals surface area contributed by atoms with Gasteiger partial charge < -0.3 is 39.8 Å². The van der Waals surface area contributed by atoms with Crippen molar-refractivity contribution in [3.8, 4) is 0 Å². The molecule has 2 saturated heterocycles. The Balaban J connectivity index is 0.000000352. The second-order valence-corrected chi connectivity index (χ2v) is 9.48. The summed E-state index contributed by atoms with van der Waals surface area (Å²) in [4.78, 5) is 47.9. The maximum absolute atomic E-state index is 11.8. The zero-order valence-electron chi connectivity index (χ0n) is 23.7. The van der Waals surface area contributed by atoms with E-state index in [2.05, 4.69) is 46.3 Å². The highest BCUT2D eigenvalue weighted by Gasteiger charge is 2.21. The maximum atomic E-state index is 11.8. The van der Waals surface area contributed by atoms with Crippen molar-refractivity contribution >= 4 is 45.5 Å². The number of esters is 4. The van der Waals surface area contributed by atoms with E-state index in [9.17, 15) is 19.2 Å². The zero-order chi connectivity index (χ0) is 30.2. The van der Waals surface area contributed by atoms with Crippen LogP contribution in [0.4, 0.5) is 5.69 Å². The van der Waals surface area contributed by atoms with E-state index in [0.717, 1.165) is 52.4 Å². The Labute approximate surface area is 255 Å². The Morgan fingerprint density at radius 3 is 1.45 bits per heavy atom. The van der Waals surface area contributed by atoms with Crippen LogP contribution >= 0.6 is 15.9 Å². The second-order valence-electron chi connectivity index (χ2n) is 8.63. The summed E-state index contributed by atoms with van der Waals surface area (Å²) in [7, 11) is 5.27. The molecule has 0 amide bonds. The molecule has 12 nitrogen and oxygen atoms in total. The molecule has 42 heavy (non-hydrogen) atoms. The molecule has 2 heterocycles. The van der Waals surface area contributed by atoms with E-state index in [1.807, 2.05) is 0 Å². The minimum absolute atomic E-state index is 0. The van der Waals surface area contributed by atoms with Gasteiger partial charge in [-0.25, -0.2) is 19.2 Å². The summed E-state index contributed by atoms with van der Waals surface area (Å²) >= 11 is 3.18. The quantitative estimate of drug-likeness (QED) is 0.322. The van der Waals surface area contributed by atoms with Crippen LogP contribution in [0.1, 0.15) is 48.9 Å². The molecule has 0 aliphatic carbocycles. The highest BCUT2D eigenvalue weighted by atomic mass is 79.9. The van der Waals surface area contributed by atoms with Crippen molar-refractivity contribution in [2.24, 2.45) is 0 Å². The van der Waals surface area contributed by atoms with Gasteiger partial charge in [-0.2, -0.15) is 0 Å².